The van der Waals surface area contributed by atoms with Crippen molar-refractivity contribution in [1.82, 2.24) is 15.1 Å². The van der Waals surface area contributed by atoms with Gasteiger partial charge in [-0.1, -0.05) is 6.07 Å². The van der Waals surface area contributed by atoms with Gasteiger partial charge in [-0.05, 0) is 49.1 Å². The number of carbonyl (C=O) groups is 1. The number of H-pyrrole nitrogens is 1. The number of hydrogen-bond acceptors (Lipinski definition) is 6. The Morgan fingerprint density at radius 3 is 2.69 bits per heavy atom. The molecular formula is C24H29N5O3. The number of furan rings is 1. The van der Waals surface area contributed by atoms with Crippen molar-refractivity contribution in [3.05, 3.63) is 54.0 Å². The van der Waals surface area contributed by atoms with E-state index in [1.54, 1.807) is 24.5 Å². The highest BCUT2D eigenvalue weighted by Crippen LogP contribution is 2.31. The SMILES string of the molecule is O=C(Nc1cc(CN2CCOCC2)ccc1N1CCCCC1)c1ccc(-c2cn[nH]c2)o1. The summed E-state index contributed by atoms with van der Waals surface area (Å²) in [7, 11) is 0. The molecule has 0 aliphatic carbocycles. The number of aromatic nitrogens is 2. The highest BCUT2D eigenvalue weighted by atomic mass is 16.5. The molecule has 2 saturated heterocycles. The van der Waals surface area contributed by atoms with Crippen LogP contribution in [0.15, 0.2) is 47.1 Å². The highest BCUT2D eigenvalue weighted by molar-refractivity contribution is 6.04. The Morgan fingerprint density at radius 2 is 1.91 bits per heavy atom. The normalized spacial score (nSPS) is 17.4. The van der Waals surface area contributed by atoms with Gasteiger partial charge in [0, 0.05) is 38.9 Å². The quantitative estimate of drug-likeness (QED) is 0.613. The van der Waals surface area contributed by atoms with Crippen molar-refractivity contribution in [1.29, 1.82) is 0 Å². The maximum absolute atomic E-state index is 13.1. The molecule has 2 aromatic heterocycles. The van der Waals surface area contributed by atoms with Crippen molar-refractivity contribution < 1.29 is 13.9 Å². The fourth-order valence-corrected chi connectivity index (χ4v) is 4.39. The minimum absolute atomic E-state index is 0.249. The molecule has 1 aromatic carbocycles. The molecule has 8 nitrogen and oxygen atoms in total. The number of nitrogens with zero attached hydrogens (tertiary/aromatic N) is 3. The lowest BCUT2D eigenvalue weighted by molar-refractivity contribution is 0.0342. The monoisotopic (exact) mass is 435 g/mol. The van der Waals surface area contributed by atoms with Crippen LogP contribution in [0.5, 0.6) is 0 Å². The number of benzene rings is 1. The number of rotatable bonds is 6. The van der Waals surface area contributed by atoms with E-state index in [9.17, 15) is 4.79 Å². The number of morpholine rings is 1. The van der Waals surface area contributed by atoms with Gasteiger partial charge in [0.05, 0.1) is 36.3 Å². The van der Waals surface area contributed by atoms with E-state index in [4.69, 9.17) is 9.15 Å². The van der Waals surface area contributed by atoms with Gasteiger partial charge in [-0.2, -0.15) is 5.10 Å². The molecule has 2 aliphatic heterocycles. The van der Waals surface area contributed by atoms with E-state index in [-0.39, 0.29) is 11.7 Å². The van der Waals surface area contributed by atoms with Gasteiger partial charge in [0.15, 0.2) is 5.76 Å². The zero-order chi connectivity index (χ0) is 21.8. The second-order valence-corrected chi connectivity index (χ2v) is 8.39. The first-order valence-electron chi connectivity index (χ1n) is 11.3. The number of amides is 1. The molecule has 3 aromatic rings. The molecule has 0 saturated carbocycles. The number of piperidine rings is 1. The predicted octanol–water partition coefficient (Wildman–Crippen LogP) is 3.74. The van der Waals surface area contributed by atoms with Crippen LogP contribution in [-0.2, 0) is 11.3 Å². The van der Waals surface area contributed by atoms with Crippen molar-refractivity contribution in [2.75, 3.05) is 49.6 Å². The third-order valence-electron chi connectivity index (χ3n) is 6.13. The van der Waals surface area contributed by atoms with Gasteiger partial charge in [0.25, 0.3) is 5.91 Å². The fourth-order valence-electron chi connectivity index (χ4n) is 4.39. The Labute approximate surface area is 187 Å². The summed E-state index contributed by atoms with van der Waals surface area (Å²) in [5.74, 6) is 0.645. The average Bonchev–Trinajstić information content (AvgIpc) is 3.53. The van der Waals surface area contributed by atoms with Gasteiger partial charge in [-0.3, -0.25) is 14.8 Å². The van der Waals surface area contributed by atoms with Crippen molar-refractivity contribution in [3.63, 3.8) is 0 Å². The number of hydrogen-bond donors (Lipinski definition) is 2. The second-order valence-electron chi connectivity index (χ2n) is 8.39. The molecule has 0 unspecified atom stereocenters. The summed E-state index contributed by atoms with van der Waals surface area (Å²) in [6.07, 6.45) is 7.02. The van der Waals surface area contributed by atoms with Crippen LogP contribution in [0.4, 0.5) is 11.4 Å². The molecule has 0 radical (unpaired) electrons. The molecule has 2 fully saturated rings. The van der Waals surface area contributed by atoms with Gasteiger partial charge < -0.3 is 19.4 Å². The molecule has 4 heterocycles. The smallest absolute Gasteiger partial charge is 0.291 e. The second kappa shape index (κ2) is 9.58. The largest absolute Gasteiger partial charge is 0.451 e. The summed E-state index contributed by atoms with van der Waals surface area (Å²) >= 11 is 0. The van der Waals surface area contributed by atoms with E-state index in [2.05, 4.69) is 43.5 Å². The standard InChI is InChI=1S/C24H29N5O3/c30-24(23-7-6-22(32-23)19-15-25-26-16-19)27-20-14-18(17-28-10-12-31-13-11-28)4-5-21(20)29-8-2-1-3-9-29/h4-7,14-16H,1-3,8-13,17H2,(H,25,26)(H,27,30). The molecular weight excluding hydrogens is 406 g/mol. The Hall–Kier alpha value is -3.10. The van der Waals surface area contributed by atoms with Crippen molar-refractivity contribution >= 4 is 17.3 Å². The number of nitrogens with one attached hydrogen (secondary N) is 2. The molecule has 8 heteroatoms. The van der Waals surface area contributed by atoms with Crippen LogP contribution >= 0.6 is 0 Å². The summed E-state index contributed by atoms with van der Waals surface area (Å²) in [6.45, 7) is 6.27. The van der Waals surface area contributed by atoms with Crippen molar-refractivity contribution in [2.45, 2.75) is 25.8 Å². The highest BCUT2D eigenvalue weighted by Gasteiger charge is 2.20. The maximum atomic E-state index is 13.1. The van der Waals surface area contributed by atoms with Crippen molar-refractivity contribution in [2.24, 2.45) is 0 Å². The maximum Gasteiger partial charge on any atom is 0.291 e. The number of anilines is 2. The van der Waals surface area contributed by atoms with Crippen LogP contribution in [0.25, 0.3) is 11.3 Å². The van der Waals surface area contributed by atoms with Gasteiger partial charge in [0.1, 0.15) is 5.76 Å². The lowest BCUT2D eigenvalue weighted by Gasteiger charge is -2.31. The Bertz CT molecular complexity index is 1030. The number of ether oxygens (including phenoxy) is 1. The van der Waals surface area contributed by atoms with Gasteiger partial charge in [-0.15, -0.1) is 0 Å². The van der Waals surface area contributed by atoms with Crippen LogP contribution < -0.4 is 10.2 Å². The molecule has 0 atom stereocenters. The molecule has 0 spiro atoms. The van der Waals surface area contributed by atoms with E-state index in [0.717, 1.165) is 62.9 Å². The van der Waals surface area contributed by atoms with E-state index < -0.39 is 0 Å². The molecule has 2 aliphatic rings. The molecule has 5 rings (SSSR count). The number of carbonyl (C=O) groups excluding carboxylic acids is 1. The molecule has 2 N–H and O–H groups in total. The van der Waals surface area contributed by atoms with Crippen molar-refractivity contribution in [3.8, 4) is 11.3 Å². The first-order valence-corrected chi connectivity index (χ1v) is 11.3. The van der Waals surface area contributed by atoms with E-state index in [1.807, 2.05) is 0 Å². The molecule has 168 valence electrons. The molecule has 32 heavy (non-hydrogen) atoms. The average molecular weight is 436 g/mol. The van der Waals surface area contributed by atoms with Crippen LogP contribution in [0, 0.1) is 0 Å². The molecule has 1 amide bonds. The van der Waals surface area contributed by atoms with Crippen LogP contribution in [-0.4, -0.2) is 60.4 Å². The topological polar surface area (TPSA) is 86.6 Å². The lowest BCUT2D eigenvalue weighted by Crippen LogP contribution is -2.35. The first kappa shape index (κ1) is 20.8. The minimum Gasteiger partial charge on any atom is -0.451 e. The summed E-state index contributed by atoms with van der Waals surface area (Å²) in [6, 6.07) is 9.93. The summed E-state index contributed by atoms with van der Waals surface area (Å²) in [5, 5.41) is 9.82. The van der Waals surface area contributed by atoms with E-state index in [0.29, 0.717) is 5.76 Å². The lowest BCUT2D eigenvalue weighted by atomic mass is 10.1. The minimum atomic E-state index is -0.249. The van der Waals surface area contributed by atoms with E-state index in [1.165, 1.54) is 24.8 Å². The Balaban J connectivity index is 1.37. The summed E-state index contributed by atoms with van der Waals surface area (Å²) in [4.78, 5) is 17.8. The van der Waals surface area contributed by atoms with Crippen LogP contribution in [0.1, 0.15) is 35.4 Å². The third-order valence-corrected chi connectivity index (χ3v) is 6.13. The van der Waals surface area contributed by atoms with Gasteiger partial charge >= 0.3 is 0 Å². The van der Waals surface area contributed by atoms with Gasteiger partial charge in [0.2, 0.25) is 0 Å². The predicted molar refractivity (Wildman–Crippen MR) is 123 cm³/mol. The fraction of sp³-hybridized carbons (Fsp3) is 0.417. The van der Waals surface area contributed by atoms with Gasteiger partial charge in [-0.25, -0.2) is 0 Å². The number of aromatic amines is 1. The van der Waals surface area contributed by atoms with Crippen LogP contribution in [0.3, 0.4) is 0 Å². The Morgan fingerprint density at radius 1 is 1.06 bits per heavy atom. The summed E-state index contributed by atoms with van der Waals surface area (Å²) in [5.41, 5.74) is 3.90. The summed E-state index contributed by atoms with van der Waals surface area (Å²) < 4.78 is 11.3. The molecule has 0 bridgehead atoms. The first-order chi connectivity index (χ1) is 15.8. The Kier molecular flexibility index (Phi) is 6.22. The van der Waals surface area contributed by atoms with E-state index >= 15 is 0 Å². The zero-order valence-corrected chi connectivity index (χ0v) is 18.2. The third kappa shape index (κ3) is 4.71. The van der Waals surface area contributed by atoms with Crippen LogP contribution in [0.2, 0.25) is 0 Å². The zero-order valence-electron chi connectivity index (χ0n) is 18.2.